The van der Waals surface area contributed by atoms with E-state index in [0.717, 1.165) is 29.2 Å². The van der Waals surface area contributed by atoms with Crippen molar-refractivity contribution < 1.29 is 24.5 Å². The Labute approximate surface area is 219 Å². The van der Waals surface area contributed by atoms with Crippen LogP contribution in [0.15, 0.2) is 42.5 Å². The summed E-state index contributed by atoms with van der Waals surface area (Å²) in [7, 11) is 0. The molecule has 2 aromatic carbocycles. The molecular weight excluding hydrogens is 474 g/mol. The molecule has 0 saturated heterocycles. The van der Waals surface area contributed by atoms with Gasteiger partial charge >= 0.3 is 5.97 Å². The Hall–Kier alpha value is -2.09. The molecule has 4 atom stereocenters. The van der Waals surface area contributed by atoms with Gasteiger partial charge in [0.1, 0.15) is 11.6 Å². The molecule has 0 spiro atoms. The Morgan fingerprint density at radius 1 is 1.08 bits per heavy atom. The van der Waals surface area contributed by atoms with E-state index >= 15 is 0 Å². The van der Waals surface area contributed by atoms with E-state index in [4.69, 9.17) is 4.74 Å². The number of thioether (sulfide) groups is 1. The largest absolute Gasteiger partial charge is 0.458 e. The van der Waals surface area contributed by atoms with Gasteiger partial charge in [0, 0.05) is 5.75 Å². The van der Waals surface area contributed by atoms with Gasteiger partial charge in [-0.25, -0.2) is 4.79 Å². The van der Waals surface area contributed by atoms with Gasteiger partial charge in [-0.1, -0.05) is 62.2 Å². The van der Waals surface area contributed by atoms with Gasteiger partial charge in [-0.3, -0.25) is 4.79 Å². The van der Waals surface area contributed by atoms with Gasteiger partial charge in [0.25, 0.3) is 0 Å². The van der Waals surface area contributed by atoms with Crippen LogP contribution in [0.2, 0.25) is 0 Å². The molecule has 0 heterocycles. The van der Waals surface area contributed by atoms with Crippen LogP contribution in [0, 0.1) is 5.92 Å². The van der Waals surface area contributed by atoms with Gasteiger partial charge in [-0.2, -0.15) is 11.8 Å². The van der Waals surface area contributed by atoms with Gasteiger partial charge in [-0.15, -0.1) is 0 Å². The number of carbonyl (C=O) groups is 2. The third-order valence-electron chi connectivity index (χ3n) is 6.58. The number of benzene rings is 2. The first kappa shape index (κ1) is 28.5. The molecule has 36 heavy (non-hydrogen) atoms. The maximum Gasteiger partial charge on any atom is 0.329 e. The van der Waals surface area contributed by atoms with Crippen LogP contribution in [0.5, 0.6) is 0 Å². The second-order valence-electron chi connectivity index (χ2n) is 10.8. The maximum atomic E-state index is 13.6. The van der Waals surface area contributed by atoms with E-state index in [1.165, 1.54) is 11.8 Å². The lowest BCUT2D eigenvalue weighted by Crippen LogP contribution is -2.47. The van der Waals surface area contributed by atoms with Crippen LogP contribution >= 0.6 is 11.8 Å². The second kappa shape index (κ2) is 12.9. The number of carbonyl (C=O) groups excluding carboxylic acids is 2. The number of amides is 1. The van der Waals surface area contributed by atoms with E-state index in [1.807, 2.05) is 52.0 Å². The molecule has 0 radical (unpaired) electrons. The number of esters is 1. The topological polar surface area (TPSA) is 95.9 Å². The Kier molecular flexibility index (Phi) is 10.2. The predicted molar refractivity (Wildman–Crippen MR) is 146 cm³/mol. The highest BCUT2D eigenvalue weighted by Gasteiger charge is 2.36. The fourth-order valence-corrected chi connectivity index (χ4v) is 6.10. The fraction of sp³-hybridized carbons (Fsp3) is 0.586. The lowest BCUT2D eigenvalue weighted by Gasteiger charge is -2.27. The molecule has 0 bridgehead atoms. The molecule has 1 amide bonds. The van der Waals surface area contributed by atoms with Gasteiger partial charge in [0.2, 0.25) is 5.91 Å². The van der Waals surface area contributed by atoms with E-state index in [2.05, 4.69) is 23.5 Å². The molecule has 1 aliphatic carbocycles. The zero-order valence-electron chi connectivity index (χ0n) is 21.9. The van der Waals surface area contributed by atoms with Crippen LogP contribution < -0.4 is 5.32 Å². The van der Waals surface area contributed by atoms with Gasteiger partial charge in [0.15, 0.2) is 0 Å². The molecule has 2 unspecified atom stereocenters. The second-order valence-corrected chi connectivity index (χ2v) is 12.0. The lowest BCUT2D eigenvalue weighted by molar-refractivity contribution is -0.159. The molecule has 6 nitrogen and oxygen atoms in total. The average Bonchev–Trinajstić information content (AvgIpc) is 3.15. The van der Waals surface area contributed by atoms with Crippen LogP contribution in [0.3, 0.4) is 0 Å². The molecular formula is C29H41NO5S. The van der Waals surface area contributed by atoms with Crippen molar-refractivity contribution in [2.24, 2.45) is 5.92 Å². The number of fused-ring (bicyclic) bond motifs is 1. The summed E-state index contributed by atoms with van der Waals surface area (Å²) in [6, 6.07) is 13.5. The van der Waals surface area contributed by atoms with Crippen molar-refractivity contribution in [3.8, 4) is 0 Å². The molecule has 3 N–H and O–H groups in total. The monoisotopic (exact) mass is 515 g/mol. The highest BCUT2D eigenvalue weighted by atomic mass is 32.2. The highest BCUT2D eigenvalue weighted by Crippen LogP contribution is 2.33. The quantitative estimate of drug-likeness (QED) is 0.378. The van der Waals surface area contributed by atoms with E-state index < -0.39 is 35.7 Å². The van der Waals surface area contributed by atoms with Crippen LogP contribution in [-0.2, 0) is 20.7 Å². The molecule has 198 valence electrons. The number of hydrogen-bond donors (Lipinski definition) is 3. The average molecular weight is 516 g/mol. The minimum Gasteiger partial charge on any atom is -0.458 e. The smallest absolute Gasteiger partial charge is 0.329 e. The van der Waals surface area contributed by atoms with Gasteiger partial charge < -0.3 is 20.3 Å². The first-order chi connectivity index (χ1) is 17.1. The standard InChI is InChI=1S/C29H41NO5S/c1-5-6-14-23(28(34)35-29(2,3)4)30-27(33)21(18-36-26-24(31)15-16-25(26)32)17-20-12-9-11-19-10-7-8-13-22(19)20/h7-13,21,23-26,31-32H,5-6,14-18H2,1-4H3,(H,30,33)/t21-,23+,24?,25?,26?/m1/s1. The summed E-state index contributed by atoms with van der Waals surface area (Å²) in [6.07, 6.45) is 2.69. The first-order valence-corrected chi connectivity index (χ1v) is 14.1. The van der Waals surface area contributed by atoms with Crippen molar-refractivity contribution in [3.05, 3.63) is 48.0 Å². The molecule has 7 heteroatoms. The van der Waals surface area contributed by atoms with Crippen molar-refractivity contribution in [2.75, 3.05) is 5.75 Å². The summed E-state index contributed by atoms with van der Waals surface area (Å²) in [5.74, 6) is -0.623. The fourth-order valence-electron chi connectivity index (χ4n) is 4.66. The van der Waals surface area contributed by atoms with Crippen molar-refractivity contribution in [2.45, 2.75) is 95.3 Å². The van der Waals surface area contributed by atoms with Crippen LogP contribution in [0.1, 0.15) is 65.4 Å². The Morgan fingerprint density at radius 3 is 2.42 bits per heavy atom. The minimum absolute atomic E-state index is 0.204. The zero-order valence-corrected chi connectivity index (χ0v) is 22.7. The number of nitrogens with one attached hydrogen (secondary N) is 1. The summed E-state index contributed by atoms with van der Waals surface area (Å²) in [4.78, 5) is 26.5. The maximum absolute atomic E-state index is 13.6. The SMILES string of the molecule is CCCC[C@H](NC(=O)[C@@H](CSC1C(O)CCC1O)Cc1cccc2ccccc12)C(=O)OC(C)(C)C. The van der Waals surface area contributed by atoms with Crippen LogP contribution in [-0.4, -0.2) is 56.9 Å². The summed E-state index contributed by atoms with van der Waals surface area (Å²) < 4.78 is 5.60. The number of ether oxygens (including phenoxy) is 1. The summed E-state index contributed by atoms with van der Waals surface area (Å²) in [5.41, 5.74) is 0.419. The molecule has 0 aromatic heterocycles. The van der Waals surface area contributed by atoms with E-state index in [1.54, 1.807) is 0 Å². The number of unbranched alkanes of at least 4 members (excludes halogenated alkanes) is 1. The number of aliphatic hydroxyl groups excluding tert-OH is 2. The predicted octanol–water partition coefficient (Wildman–Crippen LogP) is 4.63. The zero-order chi connectivity index (χ0) is 26.3. The van der Waals surface area contributed by atoms with Crippen molar-refractivity contribution >= 4 is 34.4 Å². The Balaban J connectivity index is 1.82. The van der Waals surface area contributed by atoms with Crippen LogP contribution in [0.4, 0.5) is 0 Å². The molecule has 1 aliphatic rings. The van der Waals surface area contributed by atoms with Crippen molar-refractivity contribution in [1.29, 1.82) is 0 Å². The molecule has 3 rings (SSSR count). The third kappa shape index (κ3) is 7.95. The number of hydrogen-bond acceptors (Lipinski definition) is 6. The first-order valence-electron chi connectivity index (χ1n) is 13.1. The van der Waals surface area contributed by atoms with Gasteiger partial charge in [-0.05, 0) is 62.8 Å². The molecule has 1 fully saturated rings. The molecule has 0 aliphatic heterocycles. The normalized spacial score (nSPS) is 21.8. The molecule has 1 saturated carbocycles. The lowest BCUT2D eigenvalue weighted by atomic mass is 9.95. The third-order valence-corrected chi connectivity index (χ3v) is 8.19. The minimum atomic E-state index is -0.709. The Morgan fingerprint density at radius 2 is 1.75 bits per heavy atom. The van der Waals surface area contributed by atoms with Gasteiger partial charge in [0.05, 0.1) is 23.4 Å². The summed E-state index contributed by atoms with van der Waals surface area (Å²) in [5, 5.41) is 25.5. The van der Waals surface area contributed by atoms with Crippen LogP contribution in [0.25, 0.3) is 10.8 Å². The van der Waals surface area contributed by atoms with Crippen molar-refractivity contribution in [3.63, 3.8) is 0 Å². The van der Waals surface area contributed by atoms with E-state index in [-0.39, 0.29) is 11.2 Å². The van der Waals surface area contributed by atoms with E-state index in [0.29, 0.717) is 31.4 Å². The number of aliphatic hydroxyl groups is 2. The Bertz CT molecular complexity index is 1000. The number of rotatable bonds is 11. The molecule has 2 aromatic rings. The van der Waals surface area contributed by atoms with Crippen molar-refractivity contribution in [1.82, 2.24) is 5.32 Å². The van der Waals surface area contributed by atoms with E-state index in [9.17, 15) is 19.8 Å². The summed E-state index contributed by atoms with van der Waals surface area (Å²) >= 11 is 1.45. The highest BCUT2D eigenvalue weighted by molar-refractivity contribution is 8.00. The summed E-state index contributed by atoms with van der Waals surface area (Å²) in [6.45, 7) is 7.51.